The Balaban J connectivity index is 1.19. The summed E-state index contributed by atoms with van der Waals surface area (Å²) in [6.45, 7) is 4.08. The average Bonchev–Trinajstić information content (AvgIpc) is 3.09. The van der Waals surface area contributed by atoms with Crippen molar-refractivity contribution in [3.63, 3.8) is 0 Å². The highest BCUT2D eigenvalue weighted by molar-refractivity contribution is 5.72. The number of aromatic nitrogens is 1. The number of fused-ring (bicyclic) bond motifs is 1. The van der Waals surface area contributed by atoms with Crippen molar-refractivity contribution >= 4 is 11.1 Å². The molecule has 154 valence electrons. The lowest BCUT2D eigenvalue weighted by Crippen LogP contribution is -2.35. The molecular weight excluding hydrogens is 364 g/mol. The first-order valence-electron chi connectivity index (χ1n) is 10.7. The van der Waals surface area contributed by atoms with Crippen molar-refractivity contribution in [3.8, 4) is 5.75 Å². The standard InChI is InChI=1S/C24H30N2O3/c1-28-21-11-9-19(10-12-21)7-8-20-13-17-25(18-14-20)15-4-16-26-22-5-2-3-6-23(22)29-24(26)27/h2-3,5-6,9-12,20H,4,7-8,13-18H2,1H3. The monoisotopic (exact) mass is 394 g/mol. The molecule has 0 spiro atoms. The van der Waals surface area contributed by atoms with E-state index >= 15 is 0 Å². The van der Waals surface area contributed by atoms with Crippen LogP contribution in [0.15, 0.2) is 57.7 Å². The predicted octanol–water partition coefficient (Wildman–Crippen LogP) is 4.34. The second-order valence-corrected chi connectivity index (χ2v) is 8.01. The van der Waals surface area contributed by atoms with Gasteiger partial charge in [0.2, 0.25) is 0 Å². The third-order valence-electron chi connectivity index (χ3n) is 6.14. The summed E-state index contributed by atoms with van der Waals surface area (Å²) in [4.78, 5) is 14.6. The van der Waals surface area contributed by atoms with Crippen LogP contribution >= 0.6 is 0 Å². The molecule has 2 aromatic carbocycles. The first kappa shape index (κ1) is 19.8. The van der Waals surface area contributed by atoms with E-state index in [0.717, 1.165) is 49.7 Å². The number of para-hydroxylation sites is 2. The molecule has 1 aliphatic heterocycles. The first-order chi connectivity index (χ1) is 14.2. The zero-order chi connectivity index (χ0) is 20.1. The van der Waals surface area contributed by atoms with Crippen molar-refractivity contribution < 1.29 is 9.15 Å². The van der Waals surface area contributed by atoms with Gasteiger partial charge in [0.1, 0.15) is 5.75 Å². The number of benzene rings is 2. The van der Waals surface area contributed by atoms with Crippen molar-refractivity contribution in [1.82, 2.24) is 9.47 Å². The molecule has 1 aliphatic rings. The summed E-state index contributed by atoms with van der Waals surface area (Å²) in [5.41, 5.74) is 2.97. The van der Waals surface area contributed by atoms with E-state index in [1.54, 1.807) is 11.7 Å². The highest BCUT2D eigenvalue weighted by Crippen LogP contribution is 2.23. The van der Waals surface area contributed by atoms with Crippen molar-refractivity contribution in [2.45, 2.75) is 38.6 Å². The second-order valence-electron chi connectivity index (χ2n) is 8.01. The zero-order valence-electron chi connectivity index (χ0n) is 17.2. The molecule has 1 aromatic heterocycles. The number of likely N-dealkylation sites (tertiary alicyclic amines) is 1. The van der Waals surface area contributed by atoms with Crippen LogP contribution in [0.2, 0.25) is 0 Å². The average molecular weight is 395 g/mol. The van der Waals surface area contributed by atoms with Gasteiger partial charge in [0.25, 0.3) is 0 Å². The highest BCUT2D eigenvalue weighted by Gasteiger charge is 2.19. The summed E-state index contributed by atoms with van der Waals surface area (Å²) in [5.74, 6) is 1.49. The lowest BCUT2D eigenvalue weighted by Gasteiger charge is -2.32. The van der Waals surface area contributed by atoms with Crippen molar-refractivity contribution in [2.24, 2.45) is 5.92 Å². The molecule has 0 radical (unpaired) electrons. The molecule has 0 unspecified atom stereocenters. The molecule has 4 rings (SSSR count). The van der Waals surface area contributed by atoms with E-state index in [4.69, 9.17) is 9.15 Å². The molecule has 5 nitrogen and oxygen atoms in total. The molecule has 0 atom stereocenters. The molecule has 1 saturated heterocycles. The van der Waals surface area contributed by atoms with E-state index in [1.165, 1.54) is 24.8 Å². The Morgan fingerprint density at radius 1 is 1.03 bits per heavy atom. The largest absolute Gasteiger partial charge is 0.497 e. The number of oxazole rings is 1. The number of rotatable bonds is 8. The number of methoxy groups -OCH3 is 1. The smallest absolute Gasteiger partial charge is 0.419 e. The second kappa shape index (κ2) is 9.31. The Labute approximate surface area is 171 Å². The van der Waals surface area contributed by atoms with Crippen LogP contribution in [-0.4, -0.2) is 36.2 Å². The van der Waals surface area contributed by atoms with Gasteiger partial charge in [-0.2, -0.15) is 0 Å². The number of nitrogens with zero attached hydrogens (tertiary/aromatic N) is 2. The molecule has 0 N–H and O–H groups in total. The van der Waals surface area contributed by atoms with Gasteiger partial charge in [0.05, 0.1) is 12.6 Å². The Bertz CT molecular complexity index is 966. The molecular formula is C24H30N2O3. The maximum atomic E-state index is 12.1. The van der Waals surface area contributed by atoms with Gasteiger partial charge in [-0.05, 0) is 87.5 Å². The summed E-state index contributed by atoms with van der Waals surface area (Å²) < 4.78 is 12.3. The molecule has 0 aliphatic carbocycles. The van der Waals surface area contributed by atoms with Crippen LogP contribution in [0, 0.1) is 5.92 Å². The molecule has 29 heavy (non-hydrogen) atoms. The molecule has 2 heterocycles. The third-order valence-corrected chi connectivity index (χ3v) is 6.14. The van der Waals surface area contributed by atoms with Gasteiger partial charge < -0.3 is 14.1 Å². The molecule has 5 heteroatoms. The number of hydrogen-bond acceptors (Lipinski definition) is 4. The third kappa shape index (κ3) is 4.91. The van der Waals surface area contributed by atoms with Crippen molar-refractivity contribution in [2.75, 3.05) is 26.7 Å². The van der Waals surface area contributed by atoms with E-state index in [9.17, 15) is 4.79 Å². The Morgan fingerprint density at radius 3 is 2.55 bits per heavy atom. The minimum absolute atomic E-state index is 0.247. The normalized spacial score (nSPS) is 15.8. The summed E-state index contributed by atoms with van der Waals surface area (Å²) in [6.07, 6.45) is 5.91. The molecule has 0 saturated carbocycles. The predicted molar refractivity (Wildman–Crippen MR) is 116 cm³/mol. The van der Waals surface area contributed by atoms with E-state index < -0.39 is 0 Å². The Morgan fingerprint density at radius 2 is 1.79 bits per heavy atom. The van der Waals surface area contributed by atoms with Crippen LogP contribution in [-0.2, 0) is 13.0 Å². The van der Waals surface area contributed by atoms with Crippen molar-refractivity contribution in [3.05, 3.63) is 64.6 Å². The minimum atomic E-state index is -0.247. The first-order valence-corrected chi connectivity index (χ1v) is 10.7. The summed E-state index contributed by atoms with van der Waals surface area (Å²) in [5, 5.41) is 0. The zero-order valence-corrected chi connectivity index (χ0v) is 17.2. The quantitative estimate of drug-likeness (QED) is 0.570. The van der Waals surface area contributed by atoms with Gasteiger partial charge in [-0.15, -0.1) is 0 Å². The highest BCUT2D eigenvalue weighted by atomic mass is 16.5. The number of piperidine rings is 1. The van der Waals surface area contributed by atoms with E-state index in [2.05, 4.69) is 17.0 Å². The fourth-order valence-electron chi connectivity index (χ4n) is 4.34. The van der Waals surface area contributed by atoms with Crippen molar-refractivity contribution in [1.29, 1.82) is 0 Å². The lowest BCUT2D eigenvalue weighted by atomic mass is 9.90. The maximum absolute atomic E-state index is 12.1. The minimum Gasteiger partial charge on any atom is -0.497 e. The summed E-state index contributed by atoms with van der Waals surface area (Å²) in [6, 6.07) is 16.1. The number of ether oxygens (including phenoxy) is 1. The van der Waals surface area contributed by atoms with E-state index in [-0.39, 0.29) is 5.76 Å². The van der Waals surface area contributed by atoms with Gasteiger partial charge >= 0.3 is 5.76 Å². The van der Waals surface area contributed by atoms with Gasteiger partial charge in [-0.1, -0.05) is 24.3 Å². The topological polar surface area (TPSA) is 47.6 Å². The number of hydrogen-bond donors (Lipinski definition) is 0. The van der Waals surface area contributed by atoms with Crippen LogP contribution in [0.25, 0.3) is 11.1 Å². The Hall–Kier alpha value is -2.53. The molecule has 1 fully saturated rings. The van der Waals surface area contributed by atoms with Gasteiger partial charge in [-0.3, -0.25) is 4.57 Å². The molecule has 0 bridgehead atoms. The van der Waals surface area contributed by atoms with Crippen LogP contribution < -0.4 is 10.5 Å². The van der Waals surface area contributed by atoms with Crippen LogP contribution in [0.4, 0.5) is 0 Å². The van der Waals surface area contributed by atoms with E-state index in [1.807, 2.05) is 36.4 Å². The van der Waals surface area contributed by atoms with Gasteiger partial charge in [-0.25, -0.2) is 4.79 Å². The van der Waals surface area contributed by atoms with E-state index in [0.29, 0.717) is 12.1 Å². The molecule has 3 aromatic rings. The van der Waals surface area contributed by atoms with Gasteiger partial charge in [0.15, 0.2) is 5.58 Å². The fraction of sp³-hybridized carbons (Fsp3) is 0.458. The fourth-order valence-corrected chi connectivity index (χ4v) is 4.34. The number of aryl methyl sites for hydroxylation is 2. The van der Waals surface area contributed by atoms with Crippen LogP contribution in [0.3, 0.4) is 0 Å². The summed E-state index contributed by atoms with van der Waals surface area (Å²) >= 11 is 0. The Kier molecular flexibility index (Phi) is 6.35. The maximum Gasteiger partial charge on any atom is 0.419 e. The SMILES string of the molecule is COc1ccc(CCC2CCN(CCCn3c(=O)oc4ccccc43)CC2)cc1. The summed E-state index contributed by atoms with van der Waals surface area (Å²) in [7, 11) is 1.71. The van der Waals surface area contributed by atoms with Crippen LogP contribution in [0.5, 0.6) is 5.75 Å². The van der Waals surface area contributed by atoms with Crippen LogP contribution in [0.1, 0.15) is 31.2 Å². The lowest BCUT2D eigenvalue weighted by molar-refractivity contribution is 0.175. The molecule has 0 amide bonds. The van der Waals surface area contributed by atoms with Gasteiger partial charge in [0, 0.05) is 6.54 Å².